The van der Waals surface area contributed by atoms with Crippen LogP contribution in [0.5, 0.6) is 23.0 Å². The van der Waals surface area contributed by atoms with Gasteiger partial charge in [0.05, 0.1) is 7.11 Å². The summed E-state index contributed by atoms with van der Waals surface area (Å²) in [4.78, 5) is 0. The molecule has 0 saturated heterocycles. The number of nitrogens with one attached hydrogen (secondary N) is 1. The van der Waals surface area contributed by atoms with E-state index in [1.807, 2.05) is 60.7 Å². The first-order chi connectivity index (χ1) is 13.7. The number of hydrogen-bond acceptors (Lipinski definition) is 5. The fourth-order valence-electron chi connectivity index (χ4n) is 3.00. The molecule has 0 radical (unpaired) electrons. The molecule has 3 aromatic carbocycles. The third-order valence-corrected chi connectivity index (χ3v) is 4.86. The zero-order chi connectivity index (χ0) is 19.3. The van der Waals surface area contributed by atoms with Crippen LogP contribution >= 0.6 is 15.9 Å². The van der Waals surface area contributed by atoms with E-state index in [-0.39, 0.29) is 6.79 Å². The van der Waals surface area contributed by atoms with Crippen molar-refractivity contribution in [1.29, 1.82) is 0 Å². The highest BCUT2D eigenvalue weighted by atomic mass is 79.9. The van der Waals surface area contributed by atoms with Gasteiger partial charge in [-0.2, -0.15) is 0 Å². The molecule has 0 atom stereocenters. The Labute approximate surface area is 172 Å². The van der Waals surface area contributed by atoms with E-state index in [4.69, 9.17) is 18.9 Å². The van der Waals surface area contributed by atoms with E-state index in [0.29, 0.717) is 18.9 Å². The van der Waals surface area contributed by atoms with E-state index in [9.17, 15) is 0 Å². The summed E-state index contributed by atoms with van der Waals surface area (Å²) < 4.78 is 23.4. The van der Waals surface area contributed by atoms with Crippen LogP contribution in [0.3, 0.4) is 0 Å². The molecule has 0 unspecified atom stereocenters. The van der Waals surface area contributed by atoms with Gasteiger partial charge in [-0.05, 0) is 29.8 Å². The molecule has 4 rings (SSSR count). The molecule has 28 heavy (non-hydrogen) atoms. The Kier molecular flexibility index (Phi) is 5.58. The molecule has 0 fully saturated rings. The van der Waals surface area contributed by atoms with Gasteiger partial charge >= 0.3 is 0 Å². The minimum absolute atomic E-state index is 0.263. The largest absolute Gasteiger partial charge is 0.493 e. The van der Waals surface area contributed by atoms with Crippen LogP contribution in [0, 0.1) is 0 Å². The first kappa shape index (κ1) is 18.5. The maximum Gasteiger partial charge on any atom is 0.231 e. The quantitative estimate of drug-likeness (QED) is 0.533. The Bertz CT molecular complexity index is 962. The first-order valence-corrected chi connectivity index (χ1v) is 9.69. The lowest BCUT2D eigenvalue weighted by molar-refractivity contribution is 0.174. The fourth-order valence-corrected chi connectivity index (χ4v) is 3.49. The van der Waals surface area contributed by atoms with Crippen LogP contribution in [-0.2, 0) is 13.2 Å². The van der Waals surface area contributed by atoms with E-state index < -0.39 is 0 Å². The summed E-state index contributed by atoms with van der Waals surface area (Å²) in [5.74, 6) is 2.93. The summed E-state index contributed by atoms with van der Waals surface area (Å²) in [6, 6.07) is 19.8. The lowest BCUT2D eigenvalue weighted by atomic mass is 10.1. The number of ether oxygens (including phenoxy) is 4. The average molecular weight is 442 g/mol. The molecule has 0 bridgehead atoms. The zero-order valence-electron chi connectivity index (χ0n) is 15.4. The Morgan fingerprint density at radius 1 is 1.00 bits per heavy atom. The molecule has 1 aliphatic heterocycles. The highest BCUT2D eigenvalue weighted by Gasteiger charge is 2.15. The zero-order valence-corrected chi connectivity index (χ0v) is 17.0. The standard InChI is InChI=1S/C22H20BrNO4/c1-25-21-10-17(23)9-16(22(21)26-13-15-5-3-2-4-6-15)12-24-18-7-8-19-20(11-18)28-14-27-19/h2-11,24H,12-14H2,1H3. The van der Waals surface area contributed by atoms with E-state index in [2.05, 4.69) is 21.2 Å². The topological polar surface area (TPSA) is 49.0 Å². The average Bonchev–Trinajstić information content (AvgIpc) is 3.19. The fraction of sp³-hybridized carbons (Fsp3) is 0.182. The summed E-state index contributed by atoms with van der Waals surface area (Å²) in [5, 5.41) is 3.42. The van der Waals surface area contributed by atoms with Crippen molar-refractivity contribution in [2.45, 2.75) is 13.2 Å². The van der Waals surface area contributed by atoms with Gasteiger partial charge in [-0.15, -0.1) is 0 Å². The Morgan fingerprint density at radius 3 is 2.64 bits per heavy atom. The maximum absolute atomic E-state index is 6.13. The first-order valence-electron chi connectivity index (χ1n) is 8.89. The molecule has 1 N–H and O–H groups in total. The van der Waals surface area contributed by atoms with Gasteiger partial charge in [0.1, 0.15) is 6.61 Å². The Balaban J connectivity index is 1.54. The summed E-state index contributed by atoms with van der Waals surface area (Å²) in [6.07, 6.45) is 0. The van der Waals surface area contributed by atoms with E-state index in [1.54, 1.807) is 7.11 Å². The molecule has 6 heteroatoms. The lowest BCUT2D eigenvalue weighted by Crippen LogP contribution is -2.05. The van der Waals surface area contributed by atoms with Crippen LogP contribution in [0.4, 0.5) is 5.69 Å². The molecule has 0 amide bonds. The molecule has 144 valence electrons. The molecule has 0 saturated carbocycles. The predicted octanol–water partition coefficient (Wildman–Crippen LogP) is 5.38. The summed E-state index contributed by atoms with van der Waals surface area (Å²) >= 11 is 3.55. The molecule has 0 aromatic heterocycles. The number of anilines is 1. The van der Waals surface area contributed by atoms with E-state index in [1.165, 1.54) is 0 Å². The molecule has 0 aliphatic carbocycles. The minimum atomic E-state index is 0.263. The lowest BCUT2D eigenvalue weighted by Gasteiger charge is -2.17. The van der Waals surface area contributed by atoms with Crippen molar-refractivity contribution >= 4 is 21.6 Å². The monoisotopic (exact) mass is 441 g/mol. The summed E-state index contributed by atoms with van der Waals surface area (Å²) in [6.45, 7) is 1.30. The van der Waals surface area contributed by atoms with Crippen LogP contribution in [0.15, 0.2) is 65.1 Å². The predicted molar refractivity (Wildman–Crippen MR) is 111 cm³/mol. The summed E-state index contributed by atoms with van der Waals surface area (Å²) in [7, 11) is 1.65. The van der Waals surface area contributed by atoms with E-state index in [0.717, 1.165) is 38.5 Å². The van der Waals surface area contributed by atoms with Gasteiger partial charge in [-0.3, -0.25) is 0 Å². The maximum atomic E-state index is 6.13. The number of fused-ring (bicyclic) bond motifs is 1. The highest BCUT2D eigenvalue weighted by Crippen LogP contribution is 2.37. The van der Waals surface area contributed by atoms with Crippen LogP contribution in [0.25, 0.3) is 0 Å². The Hall–Kier alpha value is -2.86. The normalized spacial score (nSPS) is 11.9. The molecular formula is C22H20BrNO4. The SMILES string of the molecule is COc1cc(Br)cc(CNc2ccc3c(c2)OCO3)c1OCc1ccccc1. The third kappa shape index (κ3) is 4.17. The second kappa shape index (κ2) is 8.44. The highest BCUT2D eigenvalue weighted by molar-refractivity contribution is 9.10. The van der Waals surface area contributed by atoms with Crippen molar-refractivity contribution in [3.63, 3.8) is 0 Å². The third-order valence-electron chi connectivity index (χ3n) is 4.40. The van der Waals surface area contributed by atoms with Gasteiger partial charge in [0.2, 0.25) is 6.79 Å². The van der Waals surface area contributed by atoms with Crippen LogP contribution in [0.1, 0.15) is 11.1 Å². The number of methoxy groups -OCH3 is 1. The van der Waals surface area contributed by atoms with Gasteiger partial charge in [-0.1, -0.05) is 46.3 Å². The smallest absolute Gasteiger partial charge is 0.231 e. The number of rotatable bonds is 7. The number of halogens is 1. The van der Waals surface area contributed by atoms with Gasteiger partial charge in [0.25, 0.3) is 0 Å². The van der Waals surface area contributed by atoms with Crippen molar-refractivity contribution in [3.8, 4) is 23.0 Å². The molecule has 3 aromatic rings. The molecule has 1 heterocycles. The Morgan fingerprint density at radius 2 is 1.82 bits per heavy atom. The van der Waals surface area contributed by atoms with Crippen molar-refractivity contribution in [2.75, 3.05) is 19.2 Å². The second-order valence-corrected chi connectivity index (χ2v) is 7.21. The van der Waals surface area contributed by atoms with Gasteiger partial charge in [-0.25, -0.2) is 0 Å². The number of hydrogen-bond donors (Lipinski definition) is 1. The van der Waals surface area contributed by atoms with Crippen LogP contribution < -0.4 is 24.3 Å². The molecule has 5 nitrogen and oxygen atoms in total. The van der Waals surface area contributed by atoms with Crippen molar-refractivity contribution in [1.82, 2.24) is 0 Å². The van der Waals surface area contributed by atoms with Crippen LogP contribution in [0.2, 0.25) is 0 Å². The van der Waals surface area contributed by atoms with Crippen molar-refractivity contribution in [2.24, 2.45) is 0 Å². The van der Waals surface area contributed by atoms with E-state index >= 15 is 0 Å². The molecule has 1 aliphatic rings. The minimum Gasteiger partial charge on any atom is -0.493 e. The molecular weight excluding hydrogens is 422 g/mol. The van der Waals surface area contributed by atoms with Gasteiger partial charge in [0, 0.05) is 28.3 Å². The summed E-state index contributed by atoms with van der Waals surface area (Å²) in [5.41, 5.74) is 3.03. The number of benzene rings is 3. The molecule has 0 spiro atoms. The van der Waals surface area contributed by atoms with Gasteiger partial charge < -0.3 is 24.3 Å². The van der Waals surface area contributed by atoms with Crippen molar-refractivity contribution in [3.05, 3.63) is 76.3 Å². The van der Waals surface area contributed by atoms with Crippen molar-refractivity contribution < 1.29 is 18.9 Å². The second-order valence-electron chi connectivity index (χ2n) is 6.29. The van der Waals surface area contributed by atoms with Gasteiger partial charge in [0.15, 0.2) is 23.0 Å². The van der Waals surface area contributed by atoms with Crippen LogP contribution in [-0.4, -0.2) is 13.9 Å².